The molecule has 1 atom stereocenters. The fraction of sp³-hybridized carbons (Fsp3) is 0.412. The van der Waals surface area contributed by atoms with Gasteiger partial charge in [-0.3, -0.25) is 9.69 Å². The highest BCUT2D eigenvalue weighted by atomic mass is 32.1. The van der Waals surface area contributed by atoms with Crippen molar-refractivity contribution in [2.45, 2.75) is 19.5 Å². The number of nitrogens with one attached hydrogen (secondary N) is 1. The third kappa shape index (κ3) is 3.91. The lowest BCUT2D eigenvalue weighted by atomic mass is 10.2. The van der Waals surface area contributed by atoms with Gasteiger partial charge in [-0.15, -0.1) is 11.3 Å². The van der Waals surface area contributed by atoms with Gasteiger partial charge < -0.3 is 10.2 Å². The Hall–Kier alpha value is -1.99. The zero-order valence-electron chi connectivity index (χ0n) is 13.6. The van der Waals surface area contributed by atoms with Crippen molar-refractivity contribution in [1.82, 2.24) is 15.2 Å². The van der Waals surface area contributed by atoms with Crippen LogP contribution in [0, 0.1) is 5.82 Å². The second kappa shape index (κ2) is 7.72. The fourth-order valence-corrected chi connectivity index (χ4v) is 3.51. The number of halogens is 1. The maximum atomic E-state index is 13.6. The second-order valence-electron chi connectivity index (χ2n) is 5.82. The third-order valence-corrected chi connectivity index (χ3v) is 5.17. The average Bonchev–Trinajstić information content (AvgIpc) is 3.15. The number of carbonyl (C=O) groups is 1. The fourth-order valence-electron chi connectivity index (χ4n) is 2.81. The normalized spacial score (nSPS) is 16.8. The molecule has 5 nitrogen and oxygen atoms in total. The molecular weight excluding hydrogens is 327 g/mol. The minimum atomic E-state index is -0.289. The van der Waals surface area contributed by atoms with E-state index in [0.717, 1.165) is 31.3 Å². The molecule has 128 valence electrons. The molecule has 7 heteroatoms. The van der Waals surface area contributed by atoms with Crippen LogP contribution in [0.4, 0.5) is 9.52 Å². The van der Waals surface area contributed by atoms with Crippen LogP contribution >= 0.6 is 11.3 Å². The zero-order valence-corrected chi connectivity index (χ0v) is 14.4. The van der Waals surface area contributed by atoms with Crippen molar-refractivity contribution < 1.29 is 9.18 Å². The molecule has 1 saturated heterocycles. The second-order valence-corrected chi connectivity index (χ2v) is 6.70. The lowest BCUT2D eigenvalue weighted by Gasteiger charge is -2.37. The van der Waals surface area contributed by atoms with Crippen molar-refractivity contribution in [2.75, 3.05) is 31.1 Å². The van der Waals surface area contributed by atoms with Gasteiger partial charge in [-0.25, -0.2) is 9.37 Å². The first-order chi connectivity index (χ1) is 11.6. The molecule has 0 aliphatic carbocycles. The van der Waals surface area contributed by atoms with Gasteiger partial charge in [-0.2, -0.15) is 0 Å². The molecule has 0 spiro atoms. The molecule has 1 aromatic heterocycles. The van der Waals surface area contributed by atoms with Gasteiger partial charge in [0.15, 0.2) is 5.13 Å². The van der Waals surface area contributed by atoms with Crippen molar-refractivity contribution in [2.24, 2.45) is 0 Å². The molecule has 1 N–H and O–H groups in total. The van der Waals surface area contributed by atoms with Gasteiger partial charge in [0, 0.05) is 49.9 Å². The lowest BCUT2D eigenvalue weighted by Crippen LogP contribution is -2.53. The largest absolute Gasteiger partial charge is 0.351 e. The van der Waals surface area contributed by atoms with Crippen molar-refractivity contribution in [3.8, 4) is 0 Å². The van der Waals surface area contributed by atoms with E-state index in [2.05, 4.69) is 20.1 Å². The maximum absolute atomic E-state index is 13.6. The van der Waals surface area contributed by atoms with Crippen LogP contribution in [0.2, 0.25) is 0 Å². The lowest BCUT2D eigenvalue weighted by molar-refractivity contribution is -0.126. The van der Waals surface area contributed by atoms with Gasteiger partial charge in [0.2, 0.25) is 5.91 Å². The summed E-state index contributed by atoms with van der Waals surface area (Å²) in [5, 5.41) is 5.84. The molecular formula is C17H21FN4OS. The van der Waals surface area contributed by atoms with Crippen molar-refractivity contribution in [1.29, 1.82) is 0 Å². The Morgan fingerprint density at radius 1 is 1.33 bits per heavy atom. The van der Waals surface area contributed by atoms with Crippen LogP contribution in [0.25, 0.3) is 0 Å². The molecule has 24 heavy (non-hydrogen) atoms. The summed E-state index contributed by atoms with van der Waals surface area (Å²) in [7, 11) is 0. The number of hydrogen-bond donors (Lipinski definition) is 1. The summed E-state index contributed by atoms with van der Waals surface area (Å²) in [6, 6.07) is 6.28. The minimum Gasteiger partial charge on any atom is -0.351 e. The number of thiazole rings is 1. The Morgan fingerprint density at radius 3 is 2.75 bits per heavy atom. The number of rotatable bonds is 5. The smallest absolute Gasteiger partial charge is 0.237 e. The topological polar surface area (TPSA) is 48.5 Å². The van der Waals surface area contributed by atoms with Crippen LogP contribution < -0.4 is 10.2 Å². The summed E-state index contributed by atoms with van der Waals surface area (Å²) in [6.45, 7) is 5.46. The number of piperazine rings is 1. The first-order valence-electron chi connectivity index (χ1n) is 8.05. The van der Waals surface area contributed by atoms with E-state index in [1.54, 1.807) is 29.5 Å². The number of anilines is 1. The van der Waals surface area contributed by atoms with Crippen LogP contribution in [0.3, 0.4) is 0 Å². The highest BCUT2D eigenvalue weighted by Gasteiger charge is 2.26. The summed E-state index contributed by atoms with van der Waals surface area (Å²) in [5.41, 5.74) is 0.506. The van der Waals surface area contributed by atoms with Crippen molar-refractivity contribution >= 4 is 22.4 Å². The van der Waals surface area contributed by atoms with Gasteiger partial charge >= 0.3 is 0 Å². The Kier molecular flexibility index (Phi) is 5.42. The van der Waals surface area contributed by atoms with Crippen molar-refractivity contribution in [3.63, 3.8) is 0 Å². The molecule has 1 aromatic carbocycles. The monoisotopic (exact) mass is 348 g/mol. The number of benzene rings is 1. The van der Waals surface area contributed by atoms with E-state index in [-0.39, 0.29) is 24.3 Å². The van der Waals surface area contributed by atoms with Gasteiger partial charge in [-0.05, 0) is 13.0 Å². The molecule has 1 unspecified atom stereocenters. The Labute approximate surface area is 145 Å². The SMILES string of the molecule is CC(C(=O)NCc1ccccc1F)N1CCN(c2nccs2)CC1. The van der Waals surface area contributed by atoms with E-state index in [0.29, 0.717) is 5.56 Å². The van der Waals surface area contributed by atoms with Crippen LogP contribution in [0.5, 0.6) is 0 Å². The summed E-state index contributed by atoms with van der Waals surface area (Å²) < 4.78 is 13.6. The van der Waals surface area contributed by atoms with Crippen molar-refractivity contribution in [3.05, 3.63) is 47.2 Å². The maximum Gasteiger partial charge on any atom is 0.237 e. The first-order valence-corrected chi connectivity index (χ1v) is 8.92. The molecule has 0 saturated carbocycles. The third-order valence-electron chi connectivity index (χ3n) is 4.34. The molecule has 1 amide bonds. The van der Waals surface area contributed by atoms with E-state index >= 15 is 0 Å². The van der Waals surface area contributed by atoms with Crippen LogP contribution in [0.1, 0.15) is 12.5 Å². The number of amides is 1. The summed E-state index contributed by atoms with van der Waals surface area (Å²) in [6.07, 6.45) is 1.81. The molecule has 1 aliphatic rings. The van der Waals surface area contributed by atoms with Crippen LogP contribution in [0.15, 0.2) is 35.8 Å². The number of carbonyl (C=O) groups excluding carboxylic acids is 1. The quantitative estimate of drug-likeness (QED) is 0.899. The van der Waals surface area contributed by atoms with E-state index < -0.39 is 0 Å². The van der Waals surface area contributed by atoms with Gasteiger partial charge in [-0.1, -0.05) is 18.2 Å². The van der Waals surface area contributed by atoms with E-state index in [4.69, 9.17) is 0 Å². The van der Waals surface area contributed by atoms with Gasteiger partial charge in [0.25, 0.3) is 0 Å². The Morgan fingerprint density at radius 2 is 2.08 bits per heavy atom. The summed E-state index contributed by atoms with van der Waals surface area (Å²) >= 11 is 1.63. The number of nitrogens with zero attached hydrogens (tertiary/aromatic N) is 3. The Bertz CT molecular complexity index is 671. The molecule has 1 aliphatic heterocycles. The zero-order chi connectivity index (χ0) is 16.9. The summed E-state index contributed by atoms with van der Waals surface area (Å²) in [4.78, 5) is 21.1. The van der Waals surface area contributed by atoms with Crippen LogP contribution in [-0.2, 0) is 11.3 Å². The predicted molar refractivity (Wildman–Crippen MR) is 93.6 cm³/mol. The Balaban J connectivity index is 1.49. The molecule has 2 heterocycles. The number of aromatic nitrogens is 1. The van der Waals surface area contributed by atoms with Crippen LogP contribution in [-0.4, -0.2) is 48.0 Å². The summed E-state index contributed by atoms with van der Waals surface area (Å²) in [5.74, 6) is -0.358. The van der Waals surface area contributed by atoms with Gasteiger partial charge in [0.05, 0.1) is 6.04 Å². The average molecular weight is 348 g/mol. The molecule has 2 aromatic rings. The molecule has 0 radical (unpaired) electrons. The molecule has 0 bridgehead atoms. The highest BCUT2D eigenvalue weighted by molar-refractivity contribution is 7.13. The van der Waals surface area contributed by atoms with Gasteiger partial charge in [0.1, 0.15) is 5.82 Å². The minimum absolute atomic E-state index is 0.0686. The number of hydrogen-bond acceptors (Lipinski definition) is 5. The van der Waals surface area contributed by atoms with E-state index in [1.807, 2.05) is 18.5 Å². The van der Waals surface area contributed by atoms with E-state index in [1.165, 1.54) is 6.07 Å². The first kappa shape index (κ1) is 16.9. The highest BCUT2D eigenvalue weighted by Crippen LogP contribution is 2.19. The molecule has 3 rings (SSSR count). The molecule has 1 fully saturated rings. The standard InChI is InChI=1S/C17H21FN4OS/c1-13(16(23)20-12-14-4-2-3-5-15(14)18)21-7-9-22(10-8-21)17-19-6-11-24-17/h2-6,11,13H,7-10,12H2,1H3,(H,20,23). The predicted octanol–water partition coefficient (Wildman–Crippen LogP) is 2.11. The van der Waals surface area contributed by atoms with E-state index in [9.17, 15) is 9.18 Å².